The summed E-state index contributed by atoms with van der Waals surface area (Å²) in [6, 6.07) is 11.6. The van der Waals surface area contributed by atoms with Crippen LogP contribution in [0.1, 0.15) is 11.1 Å². The zero-order valence-corrected chi connectivity index (χ0v) is 14.8. The van der Waals surface area contributed by atoms with Gasteiger partial charge in [-0.05, 0) is 55.5 Å². The highest BCUT2D eigenvalue weighted by Gasteiger charge is 2.10. The van der Waals surface area contributed by atoms with Crippen LogP contribution in [-0.2, 0) is 0 Å². The summed E-state index contributed by atoms with van der Waals surface area (Å²) >= 11 is 3.13. The van der Waals surface area contributed by atoms with E-state index in [1.807, 2.05) is 56.5 Å². The molecule has 0 aliphatic carbocycles. The summed E-state index contributed by atoms with van der Waals surface area (Å²) in [5.41, 5.74) is 4.06. The van der Waals surface area contributed by atoms with Crippen LogP contribution in [0.2, 0.25) is 0 Å². The van der Waals surface area contributed by atoms with Crippen molar-refractivity contribution in [2.45, 2.75) is 18.7 Å². The van der Waals surface area contributed by atoms with E-state index in [0.717, 1.165) is 26.4 Å². The molecular formula is C17H17N3OS2. The number of urea groups is 1. The van der Waals surface area contributed by atoms with Crippen molar-refractivity contribution < 1.29 is 4.79 Å². The van der Waals surface area contributed by atoms with Gasteiger partial charge in [-0.3, -0.25) is 5.32 Å². The molecule has 0 unspecified atom stereocenters. The third kappa shape index (κ3) is 3.48. The summed E-state index contributed by atoms with van der Waals surface area (Å²) in [7, 11) is 0. The fourth-order valence-corrected chi connectivity index (χ4v) is 3.74. The molecule has 0 atom stereocenters. The van der Waals surface area contributed by atoms with Crippen molar-refractivity contribution in [1.82, 2.24) is 4.98 Å². The average Bonchev–Trinajstić information content (AvgIpc) is 2.92. The van der Waals surface area contributed by atoms with Crippen molar-refractivity contribution >= 4 is 50.2 Å². The van der Waals surface area contributed by atoms with Gasteiger partial charge in [0.25, 0.3) is 0 Å². The number of para-hydroxylation sites is 1. The number of nitrogens with one attached hydrogen (secondary N) is 2. The number of benzene rings is 2. The van der Waals surface area contributed by atoms with Gasteiger partial charge in [-0.1, -0.05) is 23.5 Å². The molecular weight excluding hydrogens is 326 g/mol. The molecule has 118 valence electrons. The van der Waals surface area contributed by atoms with E-state index in [0.29, 0.717) is 5.13 Å². The van der Waals surface area contributed by atoms with Crippen molar-refractivity contribution in [2.75, 3.05) is 16.9 Å². The Balaban J connectivity index is 1.76. The quantitative estimate of drug-likeness (QED) is 0.636. The van der Waals surface area contributed by atoms with Crippen LogP contribution >= 0.6 is 23.1 Å². The SMILES string of the molecule is CSc1cccc2sc(NC(=O)Nc3ccc(C)c(C)c3)nc12. The van der Waals surface area contributed by atoms with Crippen molar-refractivity contribution in [2.24, 2.45) is 0 Å². The van der Waals surface area contributed by atoms with E-state index < -0.39 is 0 Å². The fraction of sp³-hybridized carbons (Fsp3) is 0.176. The van der Waals surface area contributed by atoms with Crippen LogP contribution in [0.15, 0.2) is 41.3 Å². The molecule has 0 bridgehead atoms. The smallest absolute Gasteiger partial charge is 0.308 e. The molecule has 0 spiro atoms. The van der Waals surface area contributed by atoms with E-state index in [-0.39, 0.29) is 6.03 Å². The van der Waals surface area contributed by atoms with Crippen LogP contribution in [-0.4, -0.2) is 17.3 Å². The molecule has 1 aromatic heterocycles. The van der Waals surface area contributed by atoms with Crippen molar-refractivity contribution in [3.63, 3.8) is 0 Å². The Labute approximate surface area is 143 Å². The van der Waals surface area contributed by atoms with Crippen molar-refractivity contribution in [1.29, 1.82) is 0 Å². The molecule has 4 nitrogen and oxygen atoms in total. The Morgan fingerprint density at radius 3 is 2.70 bits per heavy atom. The minimum absolute atomic E-state index is 0.280. The number of amides is 2. The van der Waals surface area contributed by atoms with Crippen LogP contribution in [0.4, 0.5) is 15.6 Å². The molecule has 2 N–H and O–H groups in total. The molecule has 23 heavy (non-hydrogen) atoms. The number of aromatic nitrogens is 1. The second-order valence-corrected chi connectivity index (χ2v) is 7.08. The van der Waals surface area contributed by atoms with Crippen LogP contribution in [0.3, 0.4) is 0 Å². The lowest BCUT2D eigenvalue weighted by molar-refractivity contribution is 0.262. The Morgan fingerprint density at radius 2 is 1.96 bits per heavy atom. The molecule has 2 aromatic carbocycles. The van der Waals surface area contributed by atoms with Gasteiger partial charge in [-0.2, -0.15) is 0 Å². The zero-order chi connectivity index (χ0) is 16.4. The molecule has 3 aromatic rings. The molecule has 0 saturated heterocycles. The van der Waals surface area contributed by atoms with Gasteiger partial charge < -0.3 is 5.32 Å². The number of anilines is 2. The van der Waals surface area contributed by atoms with Gasteiger partial charge in [0.1, 0.15) is 0 Å². The van der Waals surface area contributed by atoms with Gasteiger partial charge in [-0.25, -0.2) is 9.78 Å². The van der Waals surface area contributed by atoms with Gasteiger partial charge in [0.2, 0.25) is 0 Å². The first-order chi connectivity index (χ1) is 11.1. The number of hydrogen-bond donors (Lipinski definition) is 2. The number of thioether (sulfide) groups is 1. The summed E-state index contributed by atoms with van der Waals surface area (Å²) < 4.78 is 1.07. The van der Waals surface area contributed by atoms with Gasteiger partial charge in [0.15, 0.2) is 5.13 Å². The Kier molecular flexibility index (Phi) is 4.54. The van der Waals surface area contributed by atoms with Crippen LogP contribution in [0.25, 0.3) is 10.2 Å². The number of carbonyl (C=O) groups is 1. The molecule has 6 heteroatoms. The Hall–Kier alpha value is -2.05. The lowest BCUT2D eigenvalue weighted by Gasteiger charge is -2.07. The highest BCUT2D eigenvalue weighted by molar-refractivity contribution is 7.98. The molecule has 0 fully saturated rings. The number of hydrogen-bond acceptors (Lipinski definition) is 4. The fourth-order valence-electron chi connectivity index (χ4n) is 2.22. The largest absolute Gasteiger partial charge is 0.325 e. The summed E-state index contributed by atoms with van der Waals surface area (Å²) in [6.45, 7) is 4.07. The standard InChI is InChI=1S/C17H17N3OS2/c1-10-7-8-12(9-11(10)2)18-16(21)20-17-19-15-13(22-3)5-4-6-14(15)23-17/h4-9H,1-3H3,(H2,18,19,20,21). The Morgan fingerprint density at radius 1 is 1.13 bits per heavy atom. The van der Waals surface area contributed by atoms with E-state index in [9.17, 15) is 4.79 Å². The maximum atomic E-state index is 12.1. The number of carbonyl (C=O) groups excluding carboxylic acids is 1. The Bertz CT molecular complexity index is 873. The average molecular weight is 343 g/mol. The minimum Gasteiger partial charge on any atom is -0.308 e. The van der Waals surface area contributed by atoms with Crippen molar-refractivity contribution in [3.05, 3.63) is 47.5 Å². The van der Waals surface area contributed by atoms with E-state index >= 15 is 0 Å². The highest BCUT2D eigenvalue weighted by atomic mass is 32.2. The number of aryl methyl sites for hydroxylation is 2. The lowest BCUT2D eigenvalue weighted by atomic mass is 10.1. The lowest BCUT2D eigenvalue weighted by Crippen LogP contribution is -2.19. The predicted octanol–water partition coefficient (Wildman–Crippen LogP) is 5.28. The second-order valence-electron chi connectivity index (χ2n) is 5.20. The topological polar surface area (TPSA) is 54.0 Å². The molecule has 3 rings (SSSR count). The zero-order valence-electron chi connectivity index (χ0n) is 13.1. The normalized spacial score (nSPS) is 10.7. The molecule has 0 radical (unpaired) electrons. The van der Waals surface area contributed by atoms with E-state index in [4.69, 9.17) is 0 Å². The number of nitrogens with zero attached hydrogens (tertiary/aromatic N) is 1. The van der Waals surface area contributed by atoms with Crippen LogP contribution in [0, 0.1) is 13.8 Å². The third-order valence-corrected chi connectivity index (χ3v) is 5.29. The summed E-state index contributed by atoms with van der Waals surface area (Å²) in [4.78, 5) is 17.8. The molecule has 0 aliphatic rings. The van der Waals surface area contributed by atoms with E-state index in [2.05, 4.69) is 15.6 Å². The number of rotatable bonds is 3. The number of thiazole rings is 1. The number of fused-ring (bicyclic) bond motifs is 1. The molecule has 1 heterocycles. The second kappa shape index (κ2) is 6.60. The minimum atomic E-state index is -0.280. The maximum absolute atomic E-state index is 12.1. The van der Waals surface area contributed by atoms with Gasteiger partial charge in [0.05, 0.1) is 10.2 Å². The first kappa shape index (κ1) is 15.8. The summed E-state index contributed by atoms with van der Waals surface area (Å²) in [5.74, 6) is 0. The van der Waals surface area contributed by atoms with Crippen LogP contribution in [0.5, 0.6) is 0 Å². The van der Waals surface area contributed by atoms with E-state index in [1.54, 1.807) is 11.8 Å². The first-order valence-corrected chi connectivity index (χ1v) is 9.20. The summed E-state index contributed by atoms with van der Waals surface area (Å²) in [6.07, 6.45) is 2.02. The maximum Gasteiger partial charge on any atom is 0.325 e. The monoisotopic (exact) mass is 343 g/mol. The van der Waals surface area contributed by atoms with Gasteiger partial charge >= 0.3 is 6.03 Å². The molecule has 2 amide bonds. The van der Waals surface area contributed by atoms with Gasteiger partial charge in [-0.15, -0.1) is 11.8 Å². The van der Waals surface area contributed by atoms with Crippen molar-refractivity contribution in [3.8, 4) is 0 Å². The predicted molar refractivity (Wildman–Crippen MR) is 100.0 cm³/mol. The highest BCUT2D eigenvalue weighted by Crippen LogP contribution is 2.32. The molecule has 0 aliphatic heterocycles. The van der Waals surface area contributed by atoms with Crippen LogP contribution < -0.4 is 10.6 Å². The third-order valence-electron chi connectivity index (χ3n) is 3.59. The van der Waals surface area contributed by atoms with E-state index in [1.165, 1.54) is 16.9 Å². The molecule has 0 saturated carbocycles. The summed E-state index contributed by atoms with van der Waals surface area (Å²) in [5, 5.41) is 6.26. The van der Waals surface area contributed by atoms with Gasteiger partial charge in [0, 0.05) is 10.6 Å². The first-order valence-electron chi connectivity index (χ1n) is 7.15.